The van der Waals surface area contributed by atoms with Gasteiger partial charge in [-0.05, 0) is 29.3 Å². The molecule has 2 nitrogen and oxygen atoms in total. The molecule has 1 aliphatic rings. The summed E-state index contributed by atoms with van der Waals surface area (Å²) in [7, 11) is 0. The van der Waals surface area contributed by atoms with Crippen LogP contribution in [-0.2, 0) is 6.54 Å². The Balaban J connectivity index is 1.60. The molecule has 3 heteroatoms. The van der Waals surface area contributed by atoms with Crippen LogP contribution in [0.25, 0.3) is 22.2 Å². The lowest BCUT2D eigenvalue weighted by molar-refractivity contribution is 0.295. The Hall–Kier alpha value is -1.71. The molecular weight excluding hydrogens is 288 g/mol. The van der Waals surface area contributed by atoms with Crippen molar-refractivity contribution < 1.29 is 0 Å². The van der Waals surface area contributed by atoms with E-state index in [0.29, 0.717) is 0 Å². The van der Waals surface area contributed by atoms with E-state index < -0.39 is 0 Å². The van der Waals surface area contributed by atoms with Gasteiger partial charge >= 0.3 is 0 Å². The fourth-order valence-corrected chi connectivity index (χ4v) is 4.05. The number of hydrogen-bond acceptors (Lipinski definition) is 2. The lowest BCUT2D eigenvalue weighted by Gasteiger charge is -2.26. The molecule has 1 N–H and O–H groups in total. The quantitative estimate of drug-likeness (QED) is 0.774. The lowest BCUT2D eigenvalue weighted by Crippen LogP contribution is -2.31. The highest BCUT2D eigenvalue weighted by Crippen LogP contribution is 2.25. The van der Waals surface area contributed by atoms with Crippen LogP contribution in [-0.4, -0.2) is 34.5 Å². The molecule has 2 aromatic carbocycles. The van der Waals surface area contributed by atoms with Gasteiger partial charge in [-0.1, -0.05) is 36.4 Å². The van der Waals surface area contributed by atoms with E-state index in [4.69, 9.17) is 0 Å². The van der Waals surface area contributed by atoms with Crippen molar-refractivity contribution in [1.82, 2.24) is 9.88 Å². The zero-order valence-electron chi connectivity index (χ0n) is 12.6. The second kappa shape index (κ2) is 6.19. The highest BCUT2D eigenvalue weighted by Gasteiger charge is 2.11. The molecule has 0 spiro atoms. The van der Waals surface area contributed by atoms with Gasteiger partial charge in [0, 0.05) is 47.7 Å². The van der Waals surface area contributed by atoms with Crippen molar-refractivity contribution in [3.05, 3.63) is 60.2 Å². The highest BCUT2D eigenvalue weighted by molar-refractivity contribution is 7.99. The molecule has 0 bridgehead atoms. The third kappa shape index (κ3) is 2.92. The van der Waals surface area contributed by atoms with E-state index in [-0.39, 0.29) is 0 Å². The summed E-state index contributed by atoms with van der Waals surface area (Å²) in [6, 6.07) is 19.6. The summed E-state index contributed by atoms with van der Waals surface area (Å²) in [6.45, 7) is 3.50. The van der Waals surface area contributed by atoms with Crippen molar-refractivity contribution in [1.29, 1.82) is 0 Å². The van der Waals surface area contributed by atoms with E-state index in [1.165, 1.54) is 52.3 Å². The number of aromatic nitrogens is 1. The van der Waals surface area contributed by atoms with E-state index in [0.717, 1.165) is 6.54 Å². The summed E-state index contributed by atoms with van der Waals surface area (Å²) in [5, 5.41) is 1.31. The van der Waals surface area contributed by atoms with Gasteiger partial charge in [0.2, 0.25) is 0 Å². The largest absolute Gasteiger partial charge is 0.355 e. The smallest absolute Gasteiger partial charge is 0.0464 e. The summed E-state index contributed by atoms with van der Waals surface area (Å²) in [5.74, 6) is 2.54. The molecule has 1 aromatic heterocycles. The number of aromatic amines is 1. The SMILES string of the molecule is c1ccc(-c2cc3cc(CN4CCSCC4)ccc3[nH]2)cc1. The molecule has 0 radical (unpaired) electrons. The van der Waals surface area contributed by atoms with Gasteiger partial charge in [0.1, 0.15) is 0 Å². The van der Waals surface area contributed by atoms with E-state index >= 15 is 0 Å². The van der Waals surface area contributed by atoms with E-state index in [2.05, 4.69) is 76.2 Å². The molecule has 3 aromatic rings. The summed E-state index contributed by atoms with van der Waals surface area (Å²) >= 11 is 2.07. The Labute approximate surface area is 135 Å². The Bertz CT molecular complexity index is 757. The summed E-state index contributed by atoms with van der Waals surface area (Å²) in [5.41, 5.74) is 5.07. The molecule has 1 aliphatic heterocycles. The minimum Gasteiger partial charge on any atom is -0.355 e. The van der Waals surface area contributed by atoms with E-state index in [1.807, 2.05) is 0 Å². The molecule has 22 heavy (non-hydrogen) atoms. The number of hydrogen-bond donors (Lipinski definition) is 1. The standard InChI is InChI=1S/C19H20N2S/c1-2-4-16(5-3-1)19-13-17-12-15(6-7-18(17)20-19)14-21-8-10-22-11-9-21/h1-7,12-13,20H,8-11,14H2. The first-order valence-electron chi connectivity index (χ1n) is 7.86. The fraction of sp³-hybridized carbons (Fsp3) is 0.263. The summed E-state index contributed by atoms with van der Waals surface area (Å²) in [6.07, 6.45) is 0. The first kappa shape index (κ1) is 13.9. The zero-order chi connectivity index (χ0) is 14.8. The zero-order valence-corrected chi connectivity index (χ0v) is 13.4. The van der Waals surface area contributed by atoms with Crippen LogP contribution >= 0.6 is 11.8 Å². The lowest BCUT2D eigenvalue weighted by atomic mass is 10.1. The van der Waals surface area contributed by atoms with Crippen LogP contribution in [0.2, 0.25) is 0 Å². The Morgan fingerprint density at radius 3 is 2.59 bits per heavy atom. The van der Waals surface area contributed by atoms with Crippen molar-refractivity contribution in [2.24, 2.45) is 0 Å². The molecule has 0 unspecified atom stereocenters. The minimum absolute atomic E-state index is 1.07. The molecule has 1 fully saturated rings. The monoisotopic (exact) mass is 308 g/mol. The van der Waals surface area contributed by atoms with Crippen molar-refractivity contribution >= 4 is 22.7 Å². The number of fused-ring (bicyclic) bond motifs is 1. The Morgan fingerprint density at radius 2 is 1.77 bits per heavy atom. The van der Waals surface area contributed by atoms with Gasteiger partial charge in [-0.25, -0.2) is 0 Å². The van der Waals surface area contributed by atoms with Crippen LogP contribution in [0.5, 0.6) is 0 Å². The van der Waals surface area contributed by atoms with Crippen LogP contribution < -0.4 is 0 Å². The predicted octanol–water partition coefficient (Wildman–Crippen LogP) is 4.38. The average molecular weight is 308 g/mol. The van der Waals surface area contributed by atoms with Crippen LogP contribution in [0.15, 0.2) is 54.6 Å². The molecule has 2 heterocycles. The maximum atomic E-state index is 3.53. The van der Waals surface area contributed by atoms with Gasteiger partial charge in [0.05, 0.1) is 0 Å². The molecular formula is C19H20N2S. The first-order valence-corrected chi connectivity index (χ1v) is 9.01. The Kier molecular flexibility index (Phi) is 3.92. The highest BCUT2D eigenvalue weighted by atomic mass is 32.2. The van der Waals surface area contributed by atoms with Crippen molar-refractivity contribution in [2.75, 3.05) is 24.6 Å². The number of nitrogens with one attached hydrogen (secondary N) is 1. The van der Waals surface area contributed by atoms with Gasteiger partial charge in [-0.3, -0.25) is 4.90 Å². The van der Waals surface area contributed by atoms with Crippen molar-refractivity contribution in [2.45, 2.75) is 6.54 Å². The van der Waals surface area contributed by atoms with Gasteiger partial charge in [-0.2, -0.15) is 11.8 Å². The number of nitrogens with zero attached hydrogens (tertiary/aromatic N) is 1. The average Bonchev–Trinajstić information content (AvgIpc) is 3.00. The second-order valence-electron chi connectivity index (χ2n) is 5.86. The van der Waals surface area contributed by atoms with Crippen LogP contribution in [0.4, 0.5) is 0 Å². The maximum Gasteiger partial charge on any atom is 0.0464 e. The molecule has 0 amide bonds. The molecule has 0 aliphatic carbocycles. The number of H-pyrrole nitrogens is 1. The van der Waals surface area contributed by atoms with Crippen LogP contribution in [0.1, 0.15) is 5.56 Å². The summed E-state index contributed by atoms with van der Waals surface area (Å²) < 4.78 is 0. The summed E-state index contributed by atoms with van der Waals surface area (Å²) in [4.78, 5) is 6.08. The van der Waals surface area contributed by atoms with Crippen molar-refractivity contribution in [3.63, 3.8) is 0 Å². The second-order valence-corrected chi connectivity index (χ2v) is 7.08. The normalized spacial score (nSPS) is 16.2. The molecule has 112 valence electrons. The number of thioether (sulfide) groups is 1. The molecule has 4 rings (SSSR count). The molecule has 0 atom stereocenters. The van der Waals surface area contributed by atoms with Gasteiger partial charge in [-0.15, -0.1) is 0 Å². The van der Waals surface area contributed by atoms with Gasteiger partial charge in [0.15, 0.2) is 0 Å². The van der Waals surface area contributed by atoms with Crippen LogP contribution in [0.3, 0.4) is 0 Å². The van der Waals surface area contributed by atoms with E-state index in [1.54, 1.807) is 0 Å². The first-order chi connectivity index (χ1) is 10.9. The Morgan fingerprint density at radius 1 is 0.955 bits per heavy atom. The maximum absolute atomic E-state index is 3.53. The topological polar surface area (TPSA) is 19.0 Å². The minimum atomic E-state index is 1.07. The number of benzene rings is 2. The fourth-order valence-electron chi connectivity index (χ4n) is 3.07. The third-order valence-electron chi connectivity index (χ3n) is 4.28. The van der Waals surface area contributed by atoms with E-state index in [9.17, 15) is 0 Å². The van der Waals surface area contributed by atoms with Gasteiger partial charge in [0.25, 0.3) is 0 Å². The van der Waals surface area contributed by atoms with Gasteiger partial charge < -0.3 is 4.98 Å². The third-order valence-corrected chi connectivity index (χ3v) is 5.22. The van der Waals surface area contributed by atoms with Crippen LogP contribution in [0, 0.1) is 0 Å². The molecule has 0 saturated carbocycles. The van der Waals surface area contributed by atoms with Crippen molar-refractivity contribution in [3.8, 4) is 11.3 Å². The molecule has 1 saturated heterocycles. The predicted molar refractivity (Wildman–Crippen MR) is 96.3 cm³/mol. The number of rotatable bonds is 3.